The minimum absolute atomic E-state index is 0.101. The third-order valence-electron chi connectivity index (χ3n) is 2.85. The Morgan fingerprint density at radius 2 is 2.20 bits per heavy atom. The van der Waals surface area contributed by atoms with Crippen LogP contribution in [0.15, 0.2) is 11.4 Å². The molecular formula is C12H21NOS. The van der Waals surface area contributed by atoms with Crippen molar-refractivity contribution in [2.45, 2.75) is 52.3 Å². The van der Waals surface area contributed by atoms with Gasteiger partial charge in [0.05, 0.1) is 5.60 Å². The van der Waals surface area contributed by atoms with Gasteiger partial charge in [0, 0.05) is 17.5 Å². The predicted molar refractivity (Wildman–Crippen MR) is 66.3 cm³/mol. The molecule has 1 heterocycles. The second-order valence-corrected chi connectivity index (χ2v) is 5.48. The van der Waals surface area contributed by atoms with E-state index in [1.54, 1.807) is 11.3 Å². The van der Waals surface area contributed by atoms with Gasteiger partial charge < -0.3 is 10.4 Å². The SMILES string of the molecule is CCc1ccsc1CNC(C)C(C)(C)O. The smallest absolute Gasteiger partial charge is 0.0741 e. The molecule has 0 spiro atoms. The minimum atomic E-state index is -0.663. The van der Waals surface area contributed by atoms with Gasteiger partial charge in [-0.3, -0.25) is 0 Å². The van der Waals surface area contributed by atoms with Gasteiger partial charge in [-0.2, -0.15) is 0 Å². The van der Waals surface area contributed by atoms with Crippen LogP contribution >= 0.6 is 11.3 Å². The fourth-order valence-corrected chi connectivity index (χ4v) is 2.26. The van der Waals surface area contributed by atoms with Crippen molar-refractivity contribution in [3.05, 3.63) is 21.9 Å². The summed E-state index contributed by atoms with van der Waals surface area (Å²) >= 11 is 1.78. The third kappa shape index (κ3) is 3.59. The van der Waals surface area contributed by atoms with Crippen molar-refractivity contribution in [3.8, 4) is 0 Å². The fourth-order valence-electron chi connectivity index (χ4n) is 1.33. The van der Waals surface area contributed by atoms with E-state index < -0.39 is 5.60 Å². The van der Waals surface area contributed by atoms with Crippen LogP contribution in [0.2, 0.25) is 0 Å². The van der Waals surface area contributed by atoms with E-state index in [-0.39, 0.29) is 6.04 Å². The number of hydrogen-bond donors (Lipinski definition) is 2. The average molecular weight is 227 g/mol. The summed E-state index contributed by atoms with van der Waals surface area (Å²) in [5.74, 6) is 0. The first-order chi connectivity index (χ1) is 6.95. The normalized spacial score (nSPS) is 14.2. The lowest BCUT2D eigenvalue weighted by Gasteiger charge is -2.26. The molecule has 1 rings (SSSR count). The van der Waals surface area contributed by atoms with Gasteiger partial charge in [-0.1, -0.05) is 6.92 Å². The Hall–Kier alpha value is -0.380. The van der Waals surface area contributed by atoms with Crippen molar-refractivity contribution in [2.75, 3.05) is 0 Å². The maximum atomic E-state index is 9.78. The monoisotopic (exact) mass is 227 g/mol. The van der Waals surface area contributed by atoms with Crippen LogP contribution in [0, 0.1) is 0 Å². The molecule has 1 atom stereocenters. The molecule has 0 aliphatic rings. The number of aliphatic hydroxyl groups is 1. The van der Waals surface area contributed by atoms with Crippen LogP contribution in [-0.4, -0.2) is 16.7 Å². The van der Waals surface area contributed by atoms with Crippen LogP contribution in [0.3, 0.4) is 0 Å². The number of rotatable bonds is 5. The lowest BCUT2D eigenvalue weighted by atomic mass is 10.0. The molecule has 0 radical (unpaired) electrons. The van der Waals surface area contributed by atoms with Crippen molar-refractivity contribution in [3.63, 3.8) is 0 Å². The molecule has 3 heteroatoms. The lowest BCUT2D eigenvalue weighted by Crippen LogP contribution is -2.44. The third-order valence-corrected chi connectivity index (χ3v) is 3.81. The standard InChI is InChI=1S/C12H21NOS/c1-5-10-6-7-15-11(10)8-13-9(2)12(3,4)14/h6-7,9,13-14H,5,8H2,1-4H3. The topological polar surface area (TPSA) is 32.3 Å². The molecule has 1 aromatic heterocycles. The number of nitrogens with one attached hydrogen (secondary N) is 1. The van der Waals surface area contributed by atoms with Crippen LogP contribution in [0.5, 0.6) is 0 Å². The Bertz CT molecular complexity index is 301. The highest BCUT2D eigenvalue weighted by Gasteiger charge is 2.21. The van der Waals surface area contributed by atoms with E-state index in [4.69, 9.17) is 0 Å². The molecule has 0 saturated heterocycles. The summed E-state index contributed by atoms with van der Waals surface area (Å²) in [5, 5.41) is 15.3. The zero-order valence-corrected chi connectivity index (χ0v) is 10.8. The zero-order chi connectivity index (χ0) is 11.5. The highest BCUT2D eigenvalue weighted by atomic mass is 32.1. The predicted octanol–water partition coefficient (Wildman–Crippen LogP) is 2.56. The van der Waals surface area contributed by atoms with Crippen LogP contribution in [0.1, 0.15) is 38.1 Å². The van der Waals surface area contributed by atoms with Crippen LogP contribution in [-0.2, 0) is 13.0 Å². The molecule has 2 N–H and O–H groups in total. The second kappa shape index (κ2) is 5.10. The van der Waals surface area contributed by atoms with E-state index in [9.17, 15) is 5.11 Å². The maximum Gasteiger partial charge on any atom is 0.0741 e. The average Bonchev–Trinajstić information content (AvgIpc) is 2.59. The van der Waals surface area contributed by atoms with E-state index >= 15 is 0 Å². The summed E-state index contributed by atoms with van der Waals surface area (Å²) in [6, 6.07) is 2.28. The van der Waals surface area contributed by atoms with Gasteiger partial charge in [0.25, 0.3) is 0 Å². The Morgan fingerprint density at radius 3 is 2.73 bits per heavy atom. The molecule has 1 unspecified atom stereocenters. The van der Waals surface area contributed by atoms with E-state index in [1.807, 2.05) is 20.8 Å². The van der Waals surface area contributed by atoms with E-state index in [0.717, 1.165) is 13.0 Å². The number of thiophene rings is 1. The van der Waals surface area contributed by atoms with Crippen LogP contribution in [0.4, 0.5) is 0 Å². The summed E-state index contributed by atoms with van der Waals surface area (Å²) in [4.78, 5) is 1.38. The highest BCUT2D eigenvalue weighted by molar-refractivity contribution is 7.10. The zero-order valence-electron chi connectivity index (χ0n) is 10.0. The van der Waals surface area contributed by atoms with Gasteiger partial charge in [-0.25, -0.2) is 0 Å². The molecule has 0 aliphatic carbocycles. The van der Waals surface area contributed by atoms with Crippen molar-refractivity contribution in [1.82, 2.24) is 5.32 Å². The summed E-state index contributed by atoms with van der Waals surface area (Å²) in [5.41, 5.74) is 0.749. The van der Waals surface area contributed by atoms with Gasteiger partial charge in [0.2, 0.25) is 0 Å². The summed E-state index contributed by atoms with van der Waals surface area (Å²) < 4.78 is 0. The van der Waals surface area contributed by atoms with Crippen molar-refractivity contribution in [2.24, 2.45) is 0 Å². The summed E-state index contributed by atoms with van der Waals surface area (Å²) in [7, 11) is 0. The largest absolute Gasteiger partial charge is 0.389 e. The van der Waals surface area contributed by atoms with Crippen molar-refractivity contribution < 1.29 is 5.11 Å². The van der Waals surface area contributed by atoms with Crippen molar-refractivity contribution in [1.29, 1.82) is 0 Å². The first-order valence-electron chi connectivity index (χ1n) is 5.46. The van der Waals surface area contributed by atoms with Gasteiger partial charge in [0.15, 0.2) is 0 Å². The number of hydrogen-bond acceptors (Lipinski definition) is 3. The Balaban J connectivity index is 2.50. The van der Waals surface area contributed by atoms with E-state index in [2.05, 4.69) is 23.7 Å². The molecule has 86 valence electrons. The van der Waals surface area contributed by atoms with Gasteiger partial charge in [-0.15, -0.1) is 11.3 Å². The van der Waals surface area contributed by atoms with Gasteiger partial charge in [0.1, 0.15) is 0 Å². The molecule has 0 fully saturated rings. The molecule has 0 bridgehead atoms. The summed E-state index contributed by atoms with van der Waals surface area (Å²) in [6.07, 6.45) is 1.08. The highest BCUT2D eigenvalue weighted by Crippen LogP contribution is 2.18. The molecule has 15 heavy (non-hydrogen) atoms. The second-order valence-electron chi connectivity index (χ2n) is 4.48. The summed E-state index contributed by atoms with van der Waals surface area (Å²) in [6.45, 7) is 8.70. The first-order valence-corrected chi connectivity index (χ1v) is 6.34. The molecule has 2 nitrogen and oxygen atoms in total. The molecule has 0 aromatic carbocycles. The Morgan fingerprint density at radius 1 is 1.53 bits per heavy atom. The van der Waals surface area contributed by atoms with Crippen LogP contribution < -0.4 is 5.32 Å². The molecule has 0 amide bonds. The van der Waals surface area contributed by atoms with E-state index in [0.29, 0.717) is 0 Å². The Kier molecular flexibility index (Phi) is 4.32. The minimum Gasteiger partial charge on any atom is -0.389 e. The first kappa shape index (κ1) is 12.7. The molecule has 0 saturated carbocycles. The fraction of sp³-hybridized carbons (Fsp3) is 0.667. The molecule has 0 aliphatic heterocycles. The Labute approximate surface area is 96.3 Å². The molecular weight excluding hydrogens is 206 g/mol. The van der Waals surface area contributed by atoms with E-state index in [1.165, 1.54) is 10.4 Å². The lowest BCUT2D eigenvalue weighted by molar-refractivity contribution is 0.0438. The van der Waals surface area contributed by atoms with Gasteiger partial charge in [-0.05, 0) is 44.2 Å². The number of aryl methyl sites for hydroxylation is 1. The molecule has 1 aromatic rings. The van der Waals surface area contributed by atoms with Gasteiger partial charge >= 0.3 is 0 Å². The van der Waals surface area contributed by atoms with Crippen LogP contribution in [0.25, 0.3) is 0 Å². The van der Waals surface area contributed by atoms with Crippen molar-refractivity contribution >= 4 is 11.3 Å². The quantitative estimate of drug-likeness (QED) is 0.810. The maximum absolute atomic E-state index is 9.78.